The van der Waals surface area contributed by atoms with Gasteiger partial charge in [-0.05, 0) is 61.6 Å². The number of hydrogen-bond donors (Lipinski definition) is 2. The van der Waals surface area contributed by atoms with E-state index in [0.29, 0.717) is 16.6 Å². The van der Waals surface area contributed by atoms with Crippen LogP contribution in [0, 0.1) is 16.0 Å². The molecule has 1 fully saturated rings. The zero-order valence-electron chi connectivity index (χ0n) is 15.8. The first-order valence-corrected chi connectivity index (χ1v) is 11.0. The number of sulfonamides is 1. The van der Waals surface area contributed by atoms with E-state index in [-0.39, 0.29) is 16.3 Å². The van der Waals surface area contributed by atoms with Gasteiger partial charge in [0, 0.05) is 22.5 Å². The monoisotopic (exact) mass is 436 g/mol. The van der Waals surface area contributed by atoms with Gasteiger partial charge in [0.15, 0.2) is 0 Å². The number of halogens is 1. The molecule has 2 aromatic rings. The van der Waals surface area contributed by atoms with Crippen LogP contribution in [0.4, 0.5) is 17.1 Å². The SMILES string of the molecule is C[C@@H]1CCCC/C1=N/Nc1ccc(S(=O)(=O)Nc2ccc(Cl)cc2)cc1[N+](=O)[O-]. The summed E-state index contributed by atoms with van der Waals surface area (Å²) in [6.45, 7) is 2.08. The predicted octanol–water partition coefficient (Wildman–Crippen LogP) is 5.03. The van der Waals surface area contributed by atoms with Crippen LogP contribution in [0.1, 0.15) is 32.6 Å². The Kier molecular flexibility index (Phi) is 6.39. The van der Waals surface area contributed by atoms with Crippen molar-refractivity contribution >= 4 is 44.4 Å². The molecule has 0 saturated heterocycles. The van der Waals surface area contributed by atoms with Crippen LogP contribution in [-0.2, 0) is 10.0 Å². The highest BCUT2D eigenvalue weighted by Gasteiger charge is 2.22. The summed E-state index contributed by atoms with van der Waals surface area (Å²) < 4.78 is 27.6. The van der Waals surface area contributed by atoms with Crippen molar-refractivity contribution < 1.29 is 13.3 Å². The fourth-order valence-electron chi connectivity index (χ4n) is 3.12. The predicted molar refractivity (Wildman–Crippen MR) is 114 cm³/mol. The summed E-state index contributed by atoms with van der Waals surface area (Å²) in [5.41, 5.74) is 3.79. The van der Waals surface area contributed by atoms with Gasteiger partial charge in [0.1, 0.15) is 5.69 Å². The molecule has 1 saturated carbocycles. The van der Waals surface area contributed by atoms with Crippen LogP contribution in [0.15, 0.2) is 52.5 Å². The van der Waals surface area contributed by atoms with Crippen LogP contribution >= 0.6 is 11.6 Å². The average Bonchev–Trinajstić information content (AvgIpc) is 2.69. The summed E-state index contributed by atoms with van der Waals surface area (Å²) in [7, 11) is -4.00. The molecule has 1 aliphatic carbocycles. The number of nitro groups is 1. The molecule has 0 amide bonds. The van der Waals surface area contributed by atoms with E-state index >= 15 is 0 Å². The van der Waals surface area contributed by atoms with E-state index in [2.05, 4.69) is 22.2 Å². The number of anilines is 2. The maximum Gasteiger partial charge on any atom is 0.295 e. The fourth-order valence-corrected chi connectivity index (χ4v) is 4.33. The van der Waals surface area contributed by atoms with Crippen molar-refractivity contribution in [3.8, 4) is 0 Å². The van der Waals surface area contributed by atoms with E-state index < -0.39 is 14.9 Å². The molecule has 8 nitrogen and oxygen atoms in total. The second-order valence-corrected chi connectivity index (χ2v) is 9.03. The molecule has 29 heavy (non-hydrogen) atoms. The number of hydrazone groups is 1. The zero-order chi connectivity index (χ0) is 21.0. The zero-order valence-corrected chi connectivity index (χ0v) is 17.3. The maximum absolute atomic E-state index is 12.6. The van der Waals surface area contributed by atoms with Gasteiger partial charge in [-0.2, -0.15) is 5.10 Å². The van der Waals surface area contributed by atoms with Gasteiger partial charge in [-0.3, -0.25) is 20.3 Å². The van der Waals surface area contributed by atoms with Gasteiger partial charge in [-0.1, -0.05) is 24.9 Å². The molecule has 2 aromatic carbocycles. The summed E-state index contributed by atoms with van der Waals surface area (Å²) in [5.74, 6) is 0.318. The van der Waals surface area contributed by atoms with Gasteiger partial charge in [0.05, 0.1) is 9.82 Å². The minimum atomic E-state index is -4.00. The Morgan fingerprint density at radius 1 is 1.17 bits per heavy atom. The molecule has 0 unspecified atom stereocenters. The number of benzene rings is 2. The molecule has 0 aliphatic heterocycles. The van der Waals surface area contributed by atoms with E-state index in [9.17, 15) is 18.5 Å². The molecular formula is C19H21ClN4O4S. The van der Waals surface area contributed by atoms with Gasteiger partial charge in [-0.15, -0.1) is 0 Å². The summed E-state index contributed by atoms with van der Waals surface area (Å²) >= 11 is 5.80. The van der Waals surface area contributed by atoms with Crippen molar-refractivity contribution in [1.82, 2.24) is 0 Å². The number of rotatable bonds is 6. The topological polar surface area (TPSA) is 114 Å². The first kappa shape index (κ1) is 21.1. The molecule has 154 valence electrons. The normalized spacial score (nSPS) is 18.4. The van der Waals surface area contributed by atoms with Crippen LogP contribution in [0.25, 0.3) is 0 Å². The highest BCUT2D eigenvalue weighted by Crippen LogP contribution is 2.29. The van der Waals surface area contributed by atoms with E-state index in [1.807, 2.05) is 0 Å². The fraction of sp³-hybridized carbons (Fsp3) is 0.316. The molecule has 2 N–H and O–H groups in total. The molecule has 3 rings (SSSR count). The van der Waals surface area contributed by atoms with Crippen LogP contribution < -0.4 is 10.1 Å². The Morgan fingerprint density at radius 2 is 1.90 bits per heavy atom. The van der Waals surface area contributed by atoms with Gasteiger partial charge >= 0.3 is 0 Å². The summed E-state index contributed by atoms with van der Waals surface area (Å²) in [5, 5.41) is 16.3. The average molecular weight is 437 g/mol. The molecule has 0 radical (unpaired) electrons. The molecule has 0 bridgehead atoms. The third-order valence-corrected chi connectivity index (χ3v) is 6.41. The highest BCUT2D eigenvalue weighted by molar-refractivity contribution is 7.92. The maximum atomic E-state index is 12.6. The van der Waals surface area contributed by atoms with E-state index in [1.165, 1.54) is 24.3 Å². The Morgan fingerprint density at radius 3 is 2.55 bits per heavy atom. The van der Waals surface area contributed by atoms with Crippen LogP contribution in [0.5, 0.6) is 0 Å². The van der Waals surface area contributed by atoms with Gasteiger partial charge < -0.3 is 0 Å². The highest BCUT2D eigenvalue weighted by atomic mass is 35.5. The molecular weight excluding hydrogens is 416 g/mol. The summed E-state index contributed by atoms with van der Waals surface area (Å²) in [6, 6.07) is 9.77. The van der Waals surface area contributed by atoms with Gasteiger partial charge in [-0.25, -0.2) is 8.42 Å². The van der Waals surface area contributed by atoms with Gasteiger partial charge in [0.25, 0.3) is 15.7 Å². The van der Waals surface area contributed by atoms with E-state index in [1.54, 1.807) is 12.1 Å². The minimum Gasteiger partial charge on any atom is -0.280 e. The molecule has 10 heteroatoms. The first-order chi connectivity index (χ1) is 13.8. The lowest BCUT2D eigenvalue weighted by molar-refractivity contribution is -0.384. The largest absolute Gasteiger partial charge is 0.295 e. The van der Waals surface area contributed by atoms with Crippen molar-refractivity contribution in [2.75, 3.05) is 10.1 Å². The van der Waals surface area contributed by atoms with Crippen LogP contribution in [0.2, 0.25) is 5.02 Å². The van der Waals surface area contributed by atoms with E-state index in [0.717, 1.165) is 37.5 Å². The van der Waals surface area contributed by atoms with Crippen molar-refractivity contribution in [1.29, 1.82) is 0 Å². The van der Waals surface area contributed by atoms with Gasteiger partial charge in [0.2, 0.25) is 0 Å². The van der Waals surface area contributed by atoms with Crippen molar-refractivity contribution in [3.63, 3.8) is 0 Å². The standard InChI is InChI=1S/C19H21ClN4O4S/c1-13-4-2-3-5-17(13)21-22-18-11-10-16(12-19(18)24(25)26)29(27,28)23-15-8-6-14(20)7-9-15/h6-13,22-23H,2-5H2,1H3/b21-17-/t13-/m1/s1. The van der Waals surface area contributed by atoms with Crippen molar-refractivity contribution in [2.24, 2.45) is 11.0 Å². The molecule has 0 heterocycles. The Labute approximate surface area is 174 Å². The van der Waals surface area contributed by atoms with E-state index in [4.69, 9.17) is 11.6 Å². The lowest BCUT2D eigenvalue weighted by Crippen LogP contribution is -2.17. The van der Waals surface area contributed by atoms with Crippen LogP contribution in [-0.4, -0.2) is 19.1 Å². The minimum absolute atomic E-state index is 0.144. The molecule has 1 atom stereocenters. The number of nitrogens with zero attached hydrogens (tertiary/aromatic N) is 2. The molecule has 1 aliphatic rings. The third kappa shape index (κ3) is 5.24. The lowest BCUT2D eigenvalue weighted by atomic mass is 9.89. The second-order valence-electron chi connectivity index (χ2n) is 6.91. The first-order valence-electron chi connectivity index (χ1n) is 9.15. The number of nitro benzene ring substituents is 1. The number of nitrogens with one attached hydrogen (secondary N) is 2. The summed E-state index contributed by atoms with van der Waals surface area (Å²) in [4.78, 5) is 10.6. The Bertz CT molecular complexity index is 1040. The Hall–Kier alpha value is -2.65. The van der Waals surface area contributed by atoms with Crippen molar-refractivity contribution in [2.45, 2.75) is 37.5 Å². The second kappa shape index (κ2) is 8.79. The quantitative estimate of drug-likeness (QED) is 0.487. The third-order valence-electron chi connectivity index (χ3n) is 4.78. The molecule has 0 aromatic heterocycles. The van der Waals surface area contributed by atoms with Crippen LogP contribution in [0.3, 0.4) is 0 Å². The smallest absolute Gasteiger partial charge is 0.280 e. The summed E-state index contributed by atoms with van der Waals surface area (Å²) in [6.07, 6.45) is 4.07. The number of hydrogen-bond acceptors (Lipinski definition) is 6. The lowest BCUT2D eigenvalue weighted by Gasteiger charge is -2.20. The Balaban J connectivity index is 1.86. The molecule has 0 spiro atoms. The van der Waals surface area contributed by atoms with Crippen molar-refractivity contribution in [3.05, 3.63) is 57.6 Å².